The van der Waals surface area contributed by atoms with E-state index in [2.05, 4.69) is 68.1 Å². The van der Waals surface area contributed by atoms with Gasteiger partial charge < -0.3 is 15.5 Å². The van der Waals surface area contributed by atoms with E-state index in [0.29, 0.717) is 12.1 Å². The lowest BCUT2D eigenvalue weighted by Crippen LogP contribution is -2.51. The number of benzene rings is 1. The van der Waals surface area contributed by atoms with Crippen LogP contribution in [-0.4, -0.2) is 61.2 Å². The summed E-state index contributed by atoms with van der Waals surface area (Å²) in [5.74, 6) is 0.906. The number of hydrogen-bond donors (Lipinski definition) is 2. The molecule has 4 rings (SSSR count). The number of aliphatic imine (C=N–C) groups is 1. The summed E-state index contributed by atoms with van der Waals surface area (Å²) in [5, 5.41) is 10.5. The summed E-state index contributed by atoms with van der Waals surface area (Å²) in [4.78, 5) is 14.3. The van der Waals surface area contributed by atoms with Crippen LogP contribution in [0.5, 0.6) is 0 Å². The predicted molar refractivity (Wildman–Crippen MR) is 131 cm³/mol. The molecule has 3 heterocycles. The molecular formula is C24H36N6S. The van der Waals surface area contributed by atoms with Crippen molar-refractivity contribution in [2.45, 2.75) is 57.7 Å². The molecule has 1 aromatic carbocycles. The largest absolute Gasteiger partial charge is 0.356 e. The van der Waals surface area contributed by atoms with Crippen molar-refractivity contribution in [3.63, 3.8) is 0 Å². The lowest BCUT2D eigenvalue weighted by molar-refractivity contribution is 0.134. The summed E-state index contributed by atoms with van der Waals surface area (Å²) in [7, 11) is 1.86. The molecular weight excluding hydrogens is 404 g/mol. The number of thiazole rings is 1. The smallest absolute Gasteiger partial charge is 0.191 e. The number of piperidine rings is 1. The second kappa shape index (κ2) is 11.0. The molecule has 2 atom stereocenters. The van der Waals surface area contributed by atoms with Crippen LogP contribution in [0.3, 0.4) is 0 Å². The van der Waals surface area contributed by atoms with Crippen LogP contribution in [-0.2, 0) is 13.0 Å². The molecule has 0 radical (unpaired) electrons. The number of anilines is 1. The quantitative estimate of drug-likeness (QED) is 0.510. The first-order valence-corrected chi connectivity index (χ1v) is 12.5. The van der Waals surface area contributed by atoms with E-state index in [9.17, 15) is 0 Å². The predicted octanol–water partition coefficient (Wildman–Crippen LogP) is 3.50. The minimum Gasteiger partial charge on any atom is -0.356 e. The van der Waals surface area contributed by atoms with Gasteiger partial charge in [-0.05, 0) is 38.2 Å². The third-order valence-corrected chi connectivity index (χ3v) is 7.35. The molecule has 0 saturated carbocycles. The van der Waals surface area contributed by atoms with E-state index >= 15 is 0 Å². The SMILES string of the molecule is CN=C(NCCc1csc(N2CCCC2)n1)NC1CCN(Cc2ccccc2)C(C)C1. The summed E-state index contributed by atoms with van der Waals surface area (Å²) in [6.07, 6.45) is 5.80. The van der Waals surface area contributed by atoms with Crippen LogP contribution in [0.15, 0.2) is 40.7 Å². The van der Waals surface area contributed by atoms with Crippen molar-refractivity contribution >= 4 is 22.4 Å². The third-order valence-electron chi connectivity index (χ3n) is 6.40. The fourth-order valence-corrected chi connectivity index (χ4v) is 5.48. The maximum atomic E-state index is 4.82. The average Bonchev–Trinajstić information content (AvgIpc) is 3.48. The van der Waals surface area contributed by atoms with Gasteiger partial charge in [-0.15, -0.1) is 11.3 Å². The molecule has 2 aliphatic rings. The lowest BCUT2D eigenvalue weighted by atomic mass is 9.97. The van der Waals surface area contributed by atoms with Gasteiger partial charge in [0.2, 0.25) is 0 Å². The van der Waals surface area contributed by atoms with Crippen molar-refractivity contribution in [3.05, 3.63) is 47.0 Å². The molecule has 0 bridgehead atoms. The topological polar surface area (TPSA) is 55.8 Å². The van der Waals surface area contributed by atoms with Gasteiger partial charge in [0.15, 0.2) is 11.1 Å². The van der Waals surface area contributed by atoms with Gasteiger partial charge in [0.05, 0.1) is 5.69 Å². The van der Waals surface area contributed by atoms with Crippen molar-refractivity contribution in [3.8, 4) is 0 Å². The van der Waals surface area contributed by atoms with Crippen LogP contribution in [0.4, 0.5) is 5.13 Å². The Balaban J connectivity index is 1.19. The summed E-state index contributed by atoms with van der Waals surface area (Å²) < 4.78 is 0. The highest BCUT2D eigenvalue weighted by Gasteiger charge is 2.26. The molecule has 1 aromatic heterocycles. The molecule has 0 amide bonds. The monoisotopic (exact) mass is 440 g/mol. The third kappa shape index (κ3) is 6.20. The van der Waals surface area contributed by atoms with Crippen molar-refractivity contribution in [2.75, 3.05) is 38.1 Å². The minimum absolute atomic E-state index is 0.467. The van der Waals surface area contributed by atoms with E-state index in [4.69, 9.17) is 4.98 Å². The van der Waals surface area contributed by atoms with Crippen LogP contribution in [0, 0.1) is 0 Å². The van der Waals surface area contributed by atoms with Gasteiger partial charge in [-0.1, -0.05) is 30.3 Å². The van der Waals surface area contributed by atoms with Crippen molar-refractivity contribution in [1.82, 2.24) is 20.5 Å². The zero-order valence-electron chi connectivity index (χ0n) is 18.9. The molecule has 168 valence electrons. The standard InChI is InChI=1S/C24H36N6S/c1-19-16-21(11-15-30(19)17-20-8-4-3-5-9-20)27-23(25-2)26-12-10-22-18-31-24(28-22)29-13-6-7-14-29/h3-5,8-9,18-19,21H,6-7,10-17H2,1-2H3,(H2,25,26,27). The Morgan fingerprint density at radius 1 is 1.19 bits per heavy atom. The summed E-state index contributed by atoms with van der Waals surface area (Å²) in [5.41, 5.74) is 2.57. The van der Waals surface area contributed by atoms with E-state index < -0.39 is 0 Å². The Bertz CT molecular complexity index is 830. The van der Waals surface area contributed by atoms with E-state index in [-0.39, 0.29) is 0 Å². The highest BCUT2D eigenvalue weighted by Crippen LogP contribution is 2.24. The normalized spacial score (nSPS) is 22.6. The van der Waals surface area contributed by atoms with Gasteiger partial charge in [-0.3, -0.25) is 9.89 Å². The van der Waals surface area contributed by atoms with E-state index in [0.717, 1.165) is 57.9 Å². The fraction of sp³-hybridized carbons (Fsp3) is 0.583. The van der Waals surface area contributed by atoms with Crippen LogP contribution in [0.25, 0.3) is 0 Å². The minimum atomic E-state index is 0.467. The van der Waals surface area contributed by atoms with Crippen LogP contribution >= 0.6 is 11.3 Å². The summed E-state index contributed by atoms with van der Waals surface area (Å²) >= 11 is 1.78. The molecule has 2 N–H and O–H groups in total. The zero-order chi connectivity index (χ0) is 21.5. The average molecular weight is 441 g/mol. The molecule has 0 aliphatic carbocycles. The first kappa shape index (κ1) is 22.1. The van der Waals surface area contributed by atoms with Gasteiger partial charge >= 0.3 is 0 Å². The van der Waals surface area contributed by atoms with Crippen LogP contribution < -0.4 is 15.5 Å². The van der Waals surface area contributed by atoms with Crippen molar-refractivity contribution < 1.29 is 0 Å². The molecule has 2 saturated heterocycles. The maximum absolute atomic E-state index is 4.82. The lowest BCUT2D eigenvalue weighted by Gasteiger charge is -2.38. The molecule has 2 aliphatic heterocycles. The number of rotatable bonds is 7. The van der Waals surface area contributed by atoms with Crippen molar-refractivity contribution in [1.29, 1.82) is 0 Å². The van der Waals surface area contributed by atoms with Gasteiger partial charge in [0, 0.05) is 63.7 Å². The highest BCUT2D eigenvalue weighted by molar-refractivity contribution is 7.13. The van der Waals surface area contributed by atoms with Gasteiger partial charge in [-0.2, -0.15) is 0 Å². The van der Waals surface area contributed by atoms with Gasteiger partial charge in [-0.25, -0.2) is 4.98 Å². The number of aromatic nitrogens is 1. The number of likely N-dealkylation sites (tertiary alicyclic amines) is 1. The summed E-state index contributed by atoms with van der Waals surface area (Å²) in [6, 6.07) is 11.8. The molecule has 31 heavy (non-hydrogen) atoms. The second-order valence-corrected chi connectivity index (χ2v) is 9.57. The zero-order valence-corrected chi connectivity index (χ0v) is 19.7. The second-order valence-electron chi connectivity index (χ2n) is 8.74. The number of nitrogens with one attached hydrogen (secondary N) is 2. The van der Waals surface area contributed by atoms with Crippen molar-refractivity contribution in [2.24, 2.45) is 4.99 Å². The van der Waals surface area contributed by atoms with Gasteiger partial charge in [0.25, 0.3) is 0 Å². The van der Waals surface area contributed by atoms with Gasteiger partial charge in [0.1, 0.15) is 0 Å². The van der Waals surface area contributed by atoms with Crippen LogP contribution in [0.2, 0.25) is 0 Å². The number of guanidine groups is 1. The van der Waals surface area contributed by atoms with E-state index in [1.807, 2.05) is 7.05 Å². The molecule has 2 aromatic rings. The number of nitrogens with zero attached hydrogens (tertiary/aromatic N) is 4. The maximum Gasteiger partial charge on any atom is 0.191 e. The van der Waals surface area contributed by atoms with E-state index in [1.54, 1.807) is 11.3 Å². The Morgan fingerprint density at radius 2 is 2.00 bits per heavy atom. The Morgan fingerprint density at radius 3 is 2.74 bits per heavy atom. The fourth-order valence-electron chi connectivity index (χ4n) is 4.57. The highest BCUT2D eigenvalue weighted by atomic mass is 32.1. The number of hydrogen-bond acceptors (Lipinski definition) is 5. The first-order valence-electron chi connectivity index (χ1n) is 11.7. The molecule has 7 heteroatoms. The summed E-state index contributed by atoms with van der Waals surface area (Å²) in [6.45, 7) is 7.66. The molecule has 0 spiro atoms. The van der Waals surface area contributed by atoms with E-state index in [1.165, 1.54) is 29.2 Å². The first-order chi connectivity index (χ1) is 15.2. The Labute approximate surface area is 190 Å². The Kier molecular flexibility index (Phi) is 7.81. The molecule has 2 unspecified atom stereocenters. The van der Waals surface area contributed by atoms with Crippen LogP contribution in [0.1, 0.15) is 43.9 Å². The molecule has 6 nitrogen and oxygen atoms in total. The molecule has 2 fully saturated rings. The Hall–Kier alpha value is -2.12.